The van der Waals surface area contributed by atoms with Crippen LogP contribution in [0.15, 0.2) is 51.0 Å². The Balaban J connectivity index is 1.16. The van der Waals surface area contributed by atoms with Gasteiger partial charge in [0.05, 0.1) is 41.7 Å². The Hall–Kier alpha value is -4.55. The molecule has 0 spiro atoms. The van der Waals surface area contributed by atoms with E-state index in [1.807, 2.05) is 0 Å². The fourth-order valence-corrected chi connectivity index (χ4v) is 8.07. The minimum absolute atomic E-state index is 0.0897. The number of hydrazone groups is 1. The van der Waals surface area contributed by atoms with Gasteiger partial charge in [-0.2, -0.15) is 5.10 Å². The number of carboxylic acid groups (broad SMARTS) is 2. The van der Waals surface area contributed by atoms with Crippen molar-refractivity contribution < 1.29 is 42.9 Å². The zero-order chi connectivity index (χ0) is 33.7. The van der Waals surface area contributed by atoms with Crippen LogP contribution in [0.2, 0.25) is 0 Å². The first-order chi connectivity index (χ1) is 22.4. The Morgan fingerprint density at radius 3 is 2.47 bits per heavy atom. The average Bonchev–Trinajstić information content (AvgIpc) is 3.34. The fraction of sp³-hybridized carbons (Fsp3) is 0.310. The van der Waals surface area contributed by atoms with E-state index in [0.29, 0.717) is 24.1 Å². The summed E-state index contributed by atoms with van der Waals surface area (Å²) in [7, 11) is 0. The van der Waals surface area contributed by atoms with Gasteiger partial charge in [-0.25, -0.2) is 27.7 Å². The molecule has 0 unspecified atom stereocenters. The standard InChI is InChI=1S/C29H25F3N6O7S2/c1-13(39)21-26(41)38-22(29(44)45)20(47-27(21)38)11-46-12-33-36-6-4-35(5-7-36)25-18(32)9-15-23(40)16(28(42)43)10-37(24(15)34-25)19-3-2-14(30)8-17(19)31/h2-3,8-10,12-13,21,27,39H,4-7,11H2,1H3,(H,42,43)(H,44,45)/t13-,21-,27-/m1/s1. The molecule has 6 rings (SSSR count). The monoisotopic (exact) mass is 690 g/mol. The van der Waals surface area contributed by atoms with Gasteiger partial charge in [0.2, 0.25) is 11.3 Å². The number of halogens is 3. The molecule has 2 saturated heterocycles. The van der Waals surface area contributed by atoms with E-state index in [2.05, 4.69) is 10.1 Å². The largest absolute Gasteiger partial charge is 0.477 e. The molecule has 2 fully saturated rings. The smallest absolute Gasteiger partial charge is 0.353 e. The van der Waals surface area contributed by atoms with E-state index >= 15 is 4.39 Å². The van der Waals surface area contributed by atoms with Crippen LogP contribution in [0.1, 0.15) is 17.3 Å². The van der Waals surface area contributed by atoms with Gasteiger partial charge in [0.1, 0.15) is 28.3 Å². The lowest BCUT2D eigenvalue weighted by atomic mass is 9.92. The zero-order valence-electron chi connectivity index (χ0n) is 24.3. The van der Waals surface area contributed by atoms with Crippen LogP contribution >= 0.6 is 23.5 Å². The third kappa shape index (κ3) is 5.80. The highest BCUT2D eigenvalue weighted by atomic mass is 32.2. The molecule has 3 aliphatic rings. The van der Waals surface area contributed by atoms with Gasteiger partial charge in [0.25, 0.3) is 0 Å². The van der Waals surface area contributed by atoms with Crippen LogP contribution in [-0.4, -0.2) is 102 Å². The first-order valence-electron chi connectivity index (χ1n) is 14.1. The minimum Gasteiger partial charge on any atom is -0.477 e. The summed E-state index contributed by atoms with van der Waals surface area (Å²) in [6.07, 6.45) is -0.0303. The lowest BCUT2D eigenvalue weighted by molar-refractivity contribution is -0.156. The molecule has 3 aromatic rings. The van der Waals surface area contributed by atoms with E-state index in [1.165, 1.54) is 40.9 Å². The number of carbonyl (C=O) groups excluding carboxylic acids is 1. The maximum atomic E-state index is 15.4. The normalized spacial score (nSPS) is 20.3. The number of aliphatic hydroxyl groups is 1. The first kappa shape index (κ1) is 32.4. The third-order valence-electron chi connectivity index (χ3n) is 7.94. The number of aliphatic carboxylic acids is 1. The van der Waals surface area contributed by atoms with Crippen molar-refractivity contribution in [2.75, 3.05) is 36.8 Å². The van der Waals surface area contributed by atoms with Crippen molar-refractivity contribution in [1.29, 1.82) is 0 Å². The van der Waals surface area contributed by atoms with Crippen molar-refractivity contribution in [3.8, 4) is 5.69 Å². The number of thioether (sulfide) groups is 2. The van der Waals surface area contributed by atoms with Crippen molar-refractivity contribution in [2.24, 2.45) is 11.0 Å². The molecule has 2 aromatic heterocycles. The molecular weight excluding hydrogens is 665 g/mol. The number of hydrogen-bond donors (Lipinski definition) is 3. The second kappa shape index (κ2) is 12.6. The van der Waals surface area contributed by atoms with E-state index in [4.69, 9.17) is 0 Å². The minimum atomic E-state index is -1.61. The van der Waals surface area contributed by atoms with Crippen LogP contribution in [0.5, 0.6) is 0 Å². The number of carbonyl (C=O) groups is 3. The highest BCUT2D eigenvalue weighted by molar-refractivity contribution is 8.13. The zero-order valence-corrected chi connectivity index (χ0v) is 26.0. The molecular formula is C29H25F3N6O7S2. The Labute approximate surface area is 272 Å². The molecule has 3 atom stereocenters. The van der Waals surface area contributed by atoms with Crippen LogP contribution in [0.3, 0.4) is 0 Å². The number of anilines is 1. The lowest BCUT2D eigenvalue weighted by Gasteiger charge is -2.43. The summed E-state index contributed by atoms with van der Waals surface area (Å²) in [5, 5.41) is 34.3. The fourth-order valence-electron chi connectivity index (χ4n) is 5.64. The summed E-state index contributed by atoms with van der Waals surface area (Å²) in [5.41, 5.74) is -0.817. The molecule has 1 aromatic carbocycles. The average molecular weight is 691 g/mol. The lowest BCUT2D eigenvalue weighted by Crippen LogP contribution is -2.60. The molecule has 1 amide bonds. The van der Waals surface area contributed by atoms with Crippen molar-refractivity contribution in [3.63, 3.8) is 0 Å². The molecule has 0 radical (unpaired) electrons. The van der Waals surface area contributed by atoms with E-state index in [-0.39, 0.29) is 41.7 Å². The highest BCUT2D eigenvalue weighted by Gasteiger charge is 2.57. The molecule has 0 aliphatic carbocycles. The number of aromatic nitrogens is 2. The number of rotatable bonds is 9. The quantitative estimate of drug-likeness (QED) is 0.171. The predicted octanol–water partition coefficient (Wildman–Crippen LogP) is 2.51. The molecule has 246 valence electrons. The molecule has 0 bridgehead atoms. The number of fused-ring (bicyclic) bond motifs is 2. The second-order valence-electron chi connectivity index (χ2n) is 10.8. The number of carboxylic acids is 2. The van der Waals surface area contributed by atoms with Crippen LogP contribution in [-0.2, 0) is 9.59 Å². The number of β-lactam (4-membered cyclic amide) rings is 1. The molecule has 0 saturated carbocycles. The maximum Gasteiger partial charge on any atom is 0.353 e. The van der Waals surface area contributed by atoms with Gasteiger partial charge in [-0.3, -0.25) is 24.1 Å². The number of hydrogen-bond acceptors (Lipinski definition) is 11. The number of aliphatic hydroxyl groups excluding tert-OH is 1. The number of pyridine rings is 2. The van der Waals surface area contributed by atoms with Crippen molar-refractivity contribution >= 4 is 63.8 Å². The Morgan fingerprint density at radius 2 is 1.83 bits per heavy atom. The summed E-state index contributed by atoms with van der Waals surface area (Å²) < 4.78 is 44.7. The molecule has 5 heterocycles. The summed E-state index contributed by atoms with van der Waals surface area (Å²) in [6.45, 7) is 2.62. The van der Waals surface area contributed by atoms with Gasteiger partial charge in [0.15, 0.2) is 17.3 Å². The molecule has 3 aliphatic heterocycles. The predicted molar refractivity (Wildman–Crippen MR) is 167 cm³/mol. The van der Waals surface area contributed by atoms with E-state index < -0.39 is 69.1 Å². The number of piperazine rings is 1. The SMILES string of the molecule is C[C@@H](O)[C@@H]1C(=O)N2C(C(=O)O)=C(CSC=NN3CCN(c4nc5c(cc4F)c(=O)c(C(=O)O)cn5-c4ccc(F)cc4F)CC3)S[C@H]12. The second-order valence-corrected chi connectivity index (χ2v) is 12.9. The Bertz CT molecular complexity index is 1950. The van der Waals surface area contributed by atoms with Crippen LogP contribution in [0, 0.1) is 23.4 Å². The van der Waals surface area contributed by atoms with Crippen molar-refractivity contribution in [1.82, 2.24) is 19.5 Å². The van der Waals surface area contributed by atoms with Crippen LogP contribution in [0.25, 0.3) is 16.7 Å². The van der Waals surface area contributed by atoms with E-state index in [9.17, 15) is 43.3 Å². The number of aromatic carboxylic acids is 1. The van der Waals surface area contributed by atoms with Crippen molar-refractivity contribution in [2.45, 2.75) is 18.4 Å². The third-order valence-corrected chi connectivity index (χ3v) is 10.2. The van der Waals surface area contributed by atoms with Gasteiger partial charge < -0.3 is 20.2 Å². The van der Waals surface area contributed by atoms with Crippen LogP contribution < -0.4 is 10.3 Å². The maximum absolute atomic E-state index is 15.4. The summed E-state index contributed by atoms with van der Waals surface area (Å²) in [6, 6.07) is 3.45. The summed E-state index contributed by atoms with van der Waals surface area (Å²) >= 11 is 2.46. The topological polar surface area (TPSA) is 169 Å². The van der Waals surface area contributed by atoms with Gasteiger partial charge in [-0.1, -0.05) is 0 Å². The molecule has 3 N–H and O–H groups in total. The molecule has 13 nitrogen and oxygen atoms in total. The highest BCUT2D eigenvalue weighted by Crippen LogP contribution is 2.50. The summed E-state index contributed by atoms with van der Waals surface area (Å²) in [5.74, 6) is -6.65. The summed E-state index contributed by atoms with van der Waals surface area (Å²) in [4.78, 5) is 56.4. The van der Waals surface area contributed by atoms with Gasteiger partial charge in [-0.15, -0.1) is 23.5 Å². The molecule has 47 heavy (non-hydrogen) atoms. The number of benzene rings is 1. The van der Waals surface area contributed by atoms with E-state index in [0.717, 1.165) is 29.0 Å². The van der Waals surface area contributed by atoms with Gasteiger partial charge in [0, 0.05) is 36.0 Å². The first-order valence-corrected chi connectivity index (χ1v) is 16.0. The van der Waals surface area contributed by atoms with Crippen LogP contribution in [0.4, 0.5) is 19.0 Å². The number of amides is 1. The Kier molecular flexibility index (Phi) is 8.66. The van der Waals surface area contributed by atoms with E-state index in [1.54, 1.807) is 9.91 Å². The van der Waals surface area contributed by atoms with Crippen molar-refractivity contribution in [3.05, 3.63) is 74.3 Å². The van der Waals surface area contributed by atoms with Gasteiger partial charge >= 0.3 is 11.9 Å². The Morgan fingerprint density at radius 1 is 1.11 bits per heavy atom. The number of nitrogens with zero attached hydrogens (tertiary/aromatic N) is 6. The molecule has 18 heteroatoms. The van der Waals surface area contributed by atoms with Gasteiger partial charge in [-0.05, 0) is 25.1 Å².